The molecule has 0 atom stereocenters. The number of carbonyl (C=O) groups excluding carboxylic acids is 2. The topological polar surface area (TPSA) is 161 Å². The first-order chi connectivity index (χ1) is 17.1. The molecule has 1 fully saturated rings. The van der Waals surface area contributed by atoms with E-state index in [-0.39, 0.29) is 34.6 Å². The Morgan fingerprint density at radius 2 is 2.00 bits per heavy atom. The van der Waals surface area contributed by atoms with Crippen molar-refractivity contribution in [1.82, 2.24) is 29.9 Å². The molecular formula is C20H23FN8O4S3. The summed E-state index contributed by atoms with van der Waals surface area (Å²) in [6.07, 6.45) is 4.40. The van der Waals surface area contributed by atoms with Crippen molar-refractivity contribution in [3.63, 3.8) is 0 Å². The van der Waals surface area contributed by atoms with Gasteiger partial charge in [-0.05, 0) is 53.2 Å². The van der Waals surface area contributed by atoms with Crippen molar-refractivity contribution < 1.29 is 22.4 Å². The Bertz CT molecular complexity index is 1390. The highest BCUT2D eigenvalue weighted by Crippen LogP contribution is 2.36. The Labute approximate surface area is 214 Å². The van der Waals surface area contributed by atoms with Gasteiger partial charge in [-0.2, -0.15) is 0 Å². The molecule has 3 aromatic rings. The fraction of sp³-hybridized carbons (Fsp3) is 0.400. The van der Waals surface area contributed by atoms with Gasteiger partial charge in [0.1, 0.15) is 5.82 Å². The number of aryl methyl sites for hydroxylation is 1. The highest BCUT2D eigenvalue weighted by Gasteiger charge is 2.27. The lowest BCUT2D eigenvalue weighted by Crippen LogP contribution is -2.23. The molecule has 0 unspecified atom stereocenters. The average molecular weight is 555 g/mol. The van der Waals surface area contributed by atoms with E-state index in [0.717, 1.165) is 61.1 Å². The number of anilines is 2. The second-order valence-corrected chi connectivity index (χ2v) is 12.2. The molecule has 192 valence electrons. The molecule has 2 heterocycles. The maximum Gasteiger partial charge on any atom is 0.325 e. The van der Waals surface area contributed by atoms with Crippen LogP contribution in [0, 0.1) is 11.7 Å². The predicted molar refractivity (Wildman–Crippen MR) is 132 cm³/mol. The molecular weight excluding hydrogens is 531 g/mol. The number of thiazole rings is 1. The first kappa shape index (κ1) is 26.1. The third-order valence-electron chi connectivity index (χ3n) is 5.37. The van der Waals surface area contributed by atoms with Crippen LogP contribution in [0.4, 0.5) is 20.0 Å². The number of urea groups is 1. The van der Waals surface area contributed by atoms with Crippen LogP contribution in [0.5, 0.6) is 0 Å². The number of hydrogen-bond acceptors (Lipinski definition) is 10. The molecule has 3 N–H and O–H groups in total. The number of rotatable bonds is 9. The van der Waals surface area contributed by atoms with Crippen molar-refractivity contribution in [3.05, 3.63) is 35.3 Å². The molecule has 0 radical (unpaired) electrons. The summed E-state index contributed by atoms with van der Waals surface area (Å²) in [4.78, 5) is 30.0. The number of nitrogens with one attached hydrogen (secondary N) is 3. The van der Waals surface area contributed by atoms with Gasteiger partial charge in [0.25, 0.3) is 0 Å². The highest BCUT2D eigenvalue weighted by molar-refractivity contribution is 8.01. The number of nitrogens with zero attached hydrogens (tertiary/aromatic N) is 5. The van der Waals surface area contributed by atoms with Crippen LogP contribution in [0.3, 0.4) is 0 Å². The molecule has 12 nitrogen and oxygen atoms in total. The Hall–Kier alpha value is -2.95. The van der Waals surface area contributed by atoms with Crippen LogP contribution in [0.25, 0.3) is 0 Å². The normalized spacial score (nSPS) is 14.2. The lowest BCUT2D eigenvalue weighted by molar-refractivity contribution is 0.0923. The van der Waals surface area contributed by atoms with Gasteiger partial charge in [0.2, 0.25) is 15.2 Å². The van der Waals surface area contributed by atoms with Gasteiger partial charge < -0.3 is 5.32 Å². The number of benzene rings is 1. The van der Waals surface area contributed by atoms with Crippen LogP contribution in [-0.2, 0) is 23.6 Å². The summed E-state index contributed by atoms with van der Waals surface area (Å²) in [6.45, 7) is -0.107. The van der Waals surface area contributed by atoms with Crippen molar-refractivity contribution in [2.45, 2.75) is 41.6 Å². The Kier molecular flexibility index (Phi) is 7.97. The molecule has 0 bridgehead atoms. The summed E-state index contributed by atoms with van der Waals surface area (Å²) < 4.78 is 41.4. The van der Waals surface area contributed by atoms with Gasteiger partial charge in [-0.15, -0.1) is 5.10 Å². The van der Waals surface area contributed by atoms with E-state index in [1.165, 1.54) is 16.8 Å². The van der Waals surface area contributed by atoms with Crippen molar-refractivity contribution in [1.29, 1.82) is 0 Å². The lowest BCUT2D eigenvalue weighted by Gasteiger charge is -2.14. The molecule has 1 aliphatic carbocycles. The number of carbonyl (C=O) groups is 2. The number of halogens is 1. The molecule has 1 aliphatic rings. The zero-order chi connectivity index (χ0) is 25.9. The van der Waals surface area contributed by atoms with E-state index in [2.05, 4.69) is 35.9 Å². The van der Waals surface area contributed by atoms with E-state index in [4.69, 9.17) is 0 Å². The fourth-order valence-electron chi connectivity index (χ4n) is 3.66. The Morgan fingerprint density at radius 3 is 2.67 bits per heavy atom. The number of Topliss-reactive ketones (excluding diaryl/α,β-unsaturated/α-hetero) is 1. The van der Waals surface area contributed by atoms with Gasteiger partial charge in [0, 0.05) is 18.5 Å². The summed E-state index contributed by atoms with van der Waals surface area (Å²) in [5.74, 6) is -0.944. The lowest BCUT2D eigenvalue weighted by atomic mass is 9.95. The zero-order valence-electron chi connectivity index (χ0n) is 19.3. The van der Waals surface area contributed by atoms with Gasteiger partial charge in [-0.25, -0.2) is 32.0 Å². The maximum atomic E-state index is 13.9. The van der Waals surface area contributed by atoms with Crippen molar-refractivity contribution in [3.8, 4) is 0 Å². The predicted octanol–water partition coefficient (Wildman–Crippen LogP) is 3.02. The van der Waals surface area contributed by atoms with Gasteiger partial charge in [0.05, 0.1) is 28.4 Å². The summed E-state index contributed by atoms with van der Waals surface area (Å²) >= 11 is 2.26. The molecule has 2 amide bonds. The SMILES string of the molecule is Cn1nnnc1Sc1sc(NC(=O)Nc2ccc(F)cc2C(=O)C2CCCC2)nc1CNS(C)(=O)=O. The minimum Gasteiger partial charge on any atom is -0.307 e. The van der Waals surface area contributed by atoms with Crippen molar-refractivity contribution in [2.24, 2.45) is 13.0 Å². The minimum atomic E-state index is -3.49. The van der Waals surface area contributed by atoms with E-state index in [0.29, 0.717) is 15.1 Å². The molecule has 0 spiro atoms. The zero-order valence-corrected chi connectivity index (χ0v) is 21.8. The molecule has 0 saturated heterocycles. The quantitative estimate of drug-likeness (QED) is 0.338. The number of ketones is 1. The molecule has 1 aromatic carbocycles. The van der Waals surface area contributed by atoms with E-state index in [1.54, 1.807) is 7.05 Å². The van der Waals surface area contributed by atoms with E-state index in [9.17, 15) is 22.4 Å². The smallest absolute Gasteiger partial charge is 0.307 e. The van der Waals surface area contributed by atoms with Crippen LogP contribution in [-0.4, -0.2) is 51.7 Å². The van der Waals surface area contributed by atoms with Gasteiger partial charge >= 0.3 is 6.03 Å². The van der Waals surface area contributed by atoms with E-state index in [1.807, 2.05) is 0 Å². The second kappa shape index (κ2) is 11.0. The third kappa shape index (κ3) is 6.63. The molecule has 36 heavy (non-hydrogen) atoms. The summed E-state index contributed by atoms with van der Waals surface area (Å²) in [6, 6.07) is 2.97. The summed E-state index contributed by atoms with van der Waals surface area (Å²) in [5.41, 5.74) is 0.689. The van der Waals surface area contributed by atoms with Crippen LogP contribution in [0.15, 0.2) is 27.6 Å². The van der Waals surface area contributed by atoms with Crippen LogP contribution >= 0.6 is 23.1 Å². The van der Waals surface area contributed by atoms with Crippen LogP contribution < -0.4 is 15.4 Å². The van der Waals surface area contributed by atoms with Gasteiger partial charge in [-0.1, -0.05) is 24.2 Å². The number of aromatic nitrogens is 5. The van der Waals surface area contributed by atoms with Crippen LogP contribution in [0.1, 0.15) is 41.7 Å². The number of sulfonamides is 1. The van der Waals surface area contributed by atoms with Gasteiger partial charge in [0.15, 0.2) is 10.9 Å². The Morgan fingerprint density at radius 1 is 1.25 bits per heavy atom. The van der Waals surface area contributed by atoms with Crippen LogP contribution in [0.2, 0.25) is 0 Å². The Balaban J connectivity index is 1.52. The second-order valence-electron chi connectivity index (χ2n) is 8.15. The third-order valence-corrected chi connectivity index (χ3v) is 8.30. The average Bonchev–Trinajstić information content (AvgIpc) is 3.55. The first-order valence-electron chi connectivity index (χ1n) is 10.9. The van der Waals surface area contributed by atoms with Gasteiger partial charge in [-0.3, -0.25) is 10.1 Å². The number of amides is 2. The number of tetrazole rings is 1. The molecule has 1 saturated carbocycles. The standard InChI is InChI=1S/C20H23FN8O4S3/c1-29-20(26-27-28-29)35-17-15(10-22-36(2,32)33)24-19(34-17)25-18(31)23-14-8-7-12(21)9-13(14)16(30)11-5-3-4-6-11/h7-9,11,22H,3-6,10H2,1-2H3,(H2,23,24,25,31). The monoisotopic (exact) mass is 554 g/mol. The molecule has 0 aliphatic heterocycles. The highest BCUT2D eigenvalue weighted by atomic mass is 32.2. The number of hydrogen-bond donors (Lipinski definition) is 3. The van der Waals surface area contributed by atoms with Crippen molar-refractivity contribution in [2.75, 3.05) is 16.9 Å². The molecule has 2 aromatic heterocycles. The largest absolute Gasteiger partial charge is 0.325 e. The summed E-state index contributed by atoms with van der Waals surface area (Å²) in [5, 5.41) is 17.1. The van der Waals surface area contributed by atoms with E-state index < -0.39 is 21.9 Å². The van der Waals surface area contributed by atoms with Crippen molar-refractivity contribution >= 4 is 55.8 Å². The molecule has 4 rings (SSSR count). The molecule has 16 heteroatoms. The fourth-order valence-corrected chi connectivity index (χ4v) is 6.04. The maximum absolute atomic E-state index is 13.9. The minimum absolute atomic E-state index is 0.107. The first-order valence-corrected chi connectivity index (χ1v) is 14.4. The van der Waals surface area contributed by atoms with E-state index >= 15 is 0 Å². The summed E-state index contributed by atoms with van der Waals surface area (Å²) in [7, 11) is -1.84.